The van der Waals surface area contributed by atoms with Gasteiger partial charge in [0.2, 0.25) is 0 Å². The van der Waals surface area contributed by atoms with Gasteiger partial charge in [0.05, 0.1) is 0 Å². The predicted octanol–water partition coefficient (Wildman–Crippen LogP) is -1.06. The first kappa shape index (κ1) is 11.9. The molecule has 0 spiro atoms. The Bertz CT molecular complexity index is 248. The standard InChI is InChI=1S/C9H16N2O4/c1-15-6(4-10)8(12)11-7(9(13)14)5-2-3-5/h5-7H,2-4,10H2,1H3,(H,11,12)(H,13,14). The topological polar surface area (TPSA) is 102 Å². The van der Waals surface area contributed by atoms with Crippen molar-refractivity contribution >= 4 is 11.9 Å². The lowest BCUT2D eigenvalue weighted by molar-refractivity contribution is -0.144. The lowest BCUT2D eigenvalue weighted by atomic mass is 10.2. The minimum atomic E-state index is -1.00. The van der Waals surface area contributed by atoms with E-state index in [1.807, 2.05) is 0 Å². The molecule has 1 aliphatic rings. The third-order valence-corrected chi connectivity index (χ3v) is 2.45. The molecule has 1 aliphatic carbocycles. The molecule has 6 nitrogen and oxygen atoms in total. The summed E-state index contributed by atoms with van der Waals surface area (Å²) in [5.74, 6) is -1.40. The second-order valence-electron chi connectivity index (χ2n) is 3.62. The van der Waals surface area contributed by atoms with Crippen molar-refractivity contribution in [2.75, 3.05) is 13.7 Å². The SMILES string of the molecule is COC(CN)C(=O)NC(C(=O)O)C1CC1. The summed E-state index contributed by atoms with van der Waals surface area (Å²) in [5, 5.41) is 11.3. The molecule has 4 N–H and O–H groups in total. The zero-order valence-corrected chi connectivity index (χ0v) is 8.60. The second kappa shape index (κ2) is 5.09. The molecule has 86 valence electrons. The minimum Gasteiger partial charge on any atom is -0.480 e. The first-order valence-electron chi connectivity index (χ1n) is 4.86. The fraction of sp³-hybridized carbons (Fsp3) is 0.778. The molecule has 15 heavy (non-hydrogen) atoms. The molecule has 0 aromatic rings. The number of ether oxygens (including phenoxy) is 1. The summed E-state index contributed by atoms with van der Waals surface area (Å²) >= 11 is 0. The molecule has 0 bridgehead atoms. The summed E-state index contributed by atoms with van der Waals surface area (Å²) in [4.78, 5) is 22.3. The maximum absolute atomic E-state index is 11.5. The van der Waals surface area contributed by atoms with Crippen LogP contribution < -0.4 is 11.1 Å². The zero-order chi connectivity index (χ0) is 11.4. The number of aliphatic carboxylic acids is 1. The molecule has 2 unspecified atom stereocenters. The zero-order valence-electron chi connectivity index (χ0n) is 8.60. The average molecular weight is 216 g/mol. The van der Waals surface area contributed by atoms with Gasteiger partial charge in [0.1, 0.15) is 12.1 Å². The van der Waals surface area contributed by atoms with Crippen LogP contribution in [0.5, 0.6) is 0 Å². The van der Waals surface area contributed by atoms with Gasteiger partial charge in [-0.2, -0.15) is 0 Å². The Kier molecular flexibility index (Phi) is 4.05. The monoisotopic (exact) mass is 216 g/mol. The molecule has 1 saturated carbocycles. The summed E-state index contributed by atoms with van der Waals surface area (Å²) in [6, 6.07) is -0.804. The van der Waals surface area contributed by atoms with Gasteiger partial charge in [-0.3, -0.25) is 4.79 Å². The largest absolute Gasteiger partial charge is 0.480 e. The number of hydrogen-bond acceptors (Lipinski definition) is 4. The van der Waals surface area contributed by atoms with Crippen molar-refractivity contribution in [1.82, 2.24) is 5.32 Å². The Hall–Kier alpha value is -1.14. The van der Waals surface area contributed by atoms with Crippen LogP contribution in [0.1, 0.15) is 12.8 Å². The molecule has 0 saturated heterocycles. The summed E-state index contributed by atoms with van der Waals surface area (Å²) < 4.78 is 4.81. The molecule has 1 amide bonds. The van der Waals surface area contributed by atoms with E-state index in [0.29, 0.717) is 0 Å². The number of carboxylic acids is 1. The van der Waals surface area contributed by atoms with Gasteiger partial charge in [-0.15, -0.1) is 0 Å². The van der Waals surface area contributed by atoms with Crippen LogP contribution in [-0.2, 0) is 14.3 Å². The van der Waals surface area contributed by atoms with Crippen LogP contribution in [0.2, 0.25) is 0 Å². The Balaban J connectivity index is 2.50. The van der Waals surface area contributed by atoms with Crippen LogP contribution in [0, 0.1) is 5.92 Å². The van der Waals surface area contributed by atoms with E-state index >= 15 is 0 Å². The van der Waals surface area contributed by atoms with Gasteiger partial charge in [0.15, 0.2) is 0 Å². The summed E-state index contributed by atoms with van der Waals surface area (Å²) in [6.45, 7) is 0.0410. The normalized spacial score (nSPS) is 19.3. The van der Waals surface area contributed by atoms with E-state index in [1.165, 1.54) is 7.11 Å². The van der Waals surface area contributed by atoms with E-state index in [0.717, 1.165) is 12.8 Å². The molecule has 0 aromatic heterocycles. The number of rotatable bonds is 6. The lowest BCUT2D eigenvalue weighted by Gasteiger charge is -2.17. The van der Waals surface area contributed by atoms with Crippen LogP contribution in [0.3, 0.4) is 0 Å². The number of carbonyl (C=O) groups is 2. The Morgan fingerprint density at radius 2 is 2.20 bits per heavy atom. The van der Waals surface area contributed by atoms with Gasteiger partial charge in [-0.25, -0.2) is 4.79 Å². The fourth-order valence-corrected chi connectivity index (χ4v) is 1.37. The number of carboxylic acid groups (broad SMARTS) is 1. The lowest BCUT2D eigenvalue weighted by Crippen LogP contribution is -2.49. The molecule has 0 aliphatic heterocycles. The van der Waals surface area contributed by atoms with Gasteiger partial charge in [-0.1, -0.05) is 0 Å². The smallest absolute Gasteiger partial charge is 0.326 e. The Morgan fingerprint density at radius 3 is 2.53 bits per heavy atom. The summed E-state index contributed by atoms with van der Waals surface area (Å²) in [5.41, 5.74) is 5.29. The van der Waals surface area contributed by atoms with Crippen LogP contribution in [0.25, 0.3) is 0 Å². The average Bonchev–Trinajstić information content (AvgIpc) is 2.99. The highest BCUT2D eigenvalue weighted by molar-refractivity contribution is 5.86. The maximum Gasteiger partial charge on any atom is 0.326 e. The highest BCUT2D eigenvalue weighted by Crippen LogP contribution is 2.32. The quantitative estimate of drug-likeness (QED) is 0.525. The number of hydrogen-bond donors (Lipinski definition) is 3. The van der Waals surface area contributed by atoms with E-state index in [1.54, 1.807) is 0 Å². The predicted molar refractivity (Wildman–Crippen MR) is 52.1 cm³/mol. The number of methoxy groups -OCH3 is 1. The van der Waals surface area contributed by atoms with E-state index < -0.39 is 24.0 Å². The molecule has 1 fully saturated rings. The van der Waals surface area contributed by atoms with Gasteiger partial charge in [0.25, 0.3) is 5.91 Å². The molecular weight excluding hydrogens is 200 g/mol. The van der Waals surface area contributed by atoms with Gasteiger partial charge < -0.3 is 20.9 Å². The summed E-state index contributed by atoms with van der Waals surface area (Å²) in [6.07, 6.45) is 0.917. The first-order valence-corrected chi connectivity index (χ1v) is 4.86. The highest BCUT2D eigenvalue weighted by atomic mass is 16.5. The number of carbonyl (C=O) groups excluding carboxylic acids is 1. The van der Waals surface area contributed by atoms with Crippen LogP contribution in [-0.4, -0.2) is 42.8 Å². The van der Waals surface area contributed by atoms with E-state index in [4.69, 9.17) is 15.6 Å². The van der Waals surface area contributed by atoms with E-state index in [9.17, 15) is 9.59 Å². The molecule has 0 aromatic carbocycles. The van der Waals surface area contributed by atoms with Crippen molar-refractivity contribution in [3.05, 3.63) is 0 Å². The van der Waals surface area contributed by atoms with Gasteiger partial charge in [0, 0.05) is 13.7 Å². The number of nitrogens with two attached hydrogens (primary N) is 1. The highest BCUT2D eigenvalue weighted by Gasteiger charge is 2.38. The van der Waals surface area contributed by atoms with Crippen molar-refractivity contribution in [3.63, 3.8) is 0 Å². The first-order chi connectivity index (χ1) is 7.10. The van der Waals surface area contributed by atoms with Crippen molar-refractivity contribution in [1.29, 1.82) is 0 Å². The third kappa shape index (κ3) is 3.17. The maximum atomic E-state index is 11.5. The van der Waals surface area contributed by atoms with Crippen molar-refractivity contribution < 1.29 is 19.4 Å². The Labute approximate surface area is 87.8 Å². The third-order valence-electron chi connectivity index (χ3n) is 2.45. The molecule has 0 radical (unpaired) electrons. The van der Waals surface area contributed by atoms with E-state index in [-0.39, 0.29) is 12.5 Å². The second-order valence-corrected chi connectivity index (χ2v) is 3.62. The number of amides is 1. The fourth-order valence-electron chi connectivity index (χ4n) is 1.37. The van der Waals surface area contributed by atoms with Crippen molar-refractivity contribution in [2.45, 2.75) is 25.0 Å². The van der Waals surface area contributed by atoms with Crippen LogP contribution in [0.15, 0.2) is 0 Å². The van der Waals surface area contributed by atoms with Crippen molar-refractivity contribution in [2.24, 2.45) is 11.7 Å². The Morgan fingerprint density at radius 1 is 1.60 bits per heavy atom. The van der Waals surface area contributed by atoms with Gasteiger partial charge in [-0.05, 0) is 18.8 Å². The molecular formula is C9H16N2O4. The van der Waals surface area contributed by atoms with Crippen LogP contribution >= 0.6 is 0 Å². The van der Waals surface area contributed by atoms with Crippen molar-refractivity contribution in [3.8, 4) is 0 Å². The van der Waals surface area contributed by atoms with Crippen LogP contribution in [0.4, 0.5) is 0 Å². The molecule has 2 atom stereocenters. The van der Waals surface area contributed by atoms with Gasteiger partial charge >= 0.3 is 5.97 Å². The molecule has 0 heterocycles. The molecule has 6 heteroatoms. The minimum absolute atomic E-state index is 0.0410. The summed E-state index contributed by atoms with van der Waals surface area (Å²) in [7, 11) is 1.37. The molecule has 1 rings (SSSR count). The van der Waals surface area contributed by atoms with E-state index in [2.05, 4.69) is 5.32 Å². The number of nitrogens with one attached hydrogen (secondary N) is 1.